The molecule has 0 aromatic rings. The Morgan fingerprint density at radius 3 is 1.35 bits per heavy atom. The Bertz CT molecular complexity index is 1070. The molecule has 63 heavy (non-hydrogen) atoms. The van der Waals surface area contributed by atoms with Gasteiger partial charge in [0.05, 0.1) is 32.0 Å². The number of carbonyl (C=O) groups is 1. The second-order valence-corrected chi connectivity index (χ2v) is 18.7. The van der Waals surface area contributed by atoms with Gasteiger partial charge in [0, 0.05) is 6.42 Å². The van der Waals surface area contributed by atoms with Gasteiger partial charge in [-0.2, -0.15) is 0 Å². The second-order valence-electron chi connectivity index (χ2n) is 18.7. The molecule has 2 saturated heterocycles. The normalized spacial score (nSPS) is 27.4. The number of hydrogen-bond donors (Lipinski definition) is 9. The van der Waals surface area contributed by atoms with Crippen molar-refractivity contribution in [3.63, 3.8) is 0 Å². The SMILES string of the molecule is CCCCCCCCCCCCCCCCCCC(=O)N[C@@H](CO[C@@H]1O[C@H](CO)[C@@H](O[C@@H]2O[C@H](CO)[C@H](O)C(O)C2O)C(O)C1O)[C@H](O)CCCCCCCCCCCCCCC. The summed E-state index contributed by atoms with van der Waals surface area (Å²) < 4.78 is 22.7. The topological polar surface area (TPSA) is 228 Å². The third kappa shape index (κ3) is 24.5. The summed E-state index contributed by atoms with van der Waals surface area (Å²) in [5.41, 5.74) is 0. The van der Waals surface area contributed by atoms with Crippen LogP contribution in [0.1, 0.15) is 213 Å². The summed E-state index contributed by atoms with van der Waals surface area (Å²) in [7, 11) is 0. The van der Waals surface area contributed by atoms with Gasteiger partial charge in [0.25, 0.3) is 0 Å². The van der Waals surface area contributed by atoms with Gasteiger partial charge in [-0.05, 0) is 12.8 Å². The van der Waals surface area contributed by atoms with E-state index in [4.69, 9.17) is 18.9 Å². The van der Waals surface area contributed by atoms with Gasteiger partial charge in [0.1, 0.15) is 48.8 Å². The lowest BCUT2D eigenvalue weighted by atomic mass is 9.97. The van der Waals surface area contributed by atoms with E-state index in [-0.39, 0.29) is 12.5 Å². The first-order chi connectivity index (χ1) is 30.6. The number of unbranched alkanes of at least 4 members (excludes halogenated alkanes) is 27. The van der Waals surface area contributed by atoms with Crippen LogP contribution in [0.4, 0.5) is 0 Å². The van der Waals surface area contributed by atoms with Crippen molar-refractivity contribution in [3.8, 4) is 0 Å². The van der Waals surface area contributed by atoms with Crippen LogP contribution in [0.25, 0.3) is 0 Å². The number of ether oxygens (including phenoxy) is 4. The molecular weight excluding hydrogens is 811 g/mol. The number of hydrogen-bond acceptors (Lipinski definition) is 13. The molecule has 4 unspecified atom stereocenters. The standard InChI is InChI=1S/C49H95NO13/c1-3-5-7-9-11-13-15-17-18-19-21-23-25-27-29-31-33-41(54)50-37(38(53)32-30-28-26-24-22-20-16-14-12-10-8-6-4-2)36-60-48-46(59)44(57)47(40(35-52)62-48)63-49-45(58)43(56)42(55)39(34-51)61-49/h37-40,42-49,51-53,55-59H,3-36H2,1-2H3,(H,50,54)/t37-,38+,39+,40+,42-,43?,44?,45?,46?,47+,48+,49-/m0/s1. The average molecular weight is 906 g/mol. The molecule has 0 aromatic carbocycles. The highest BCUT2D eigenvalue weighted by molar-refractivity contribution is 5.76. The fraction of sp³-hybridized carbons (Fsp3) is 0.980. The minimum atomic E-state index is -1.78. The van der Waals surface area contributed by atoms with E-state index < -0.39 is 86.8 Å². The summed E-state index contributed by atoms with van der Waals surface area (Å²) in [6, 6.07) is -0.820. The summed E-state index contributed by atoms with van der Waals surface area (Å²) in [5.74, 6) is -0.204. The maximum absolute atomic E-state index is 13.2. The molecule has 2 fully saturated rings. The van der Waals surface area contributed by atoms with Crippen molar-refractivity contribution in [3.05, 3.63) is 0 Å². The van der Waals surface area contributed by atoms with Gasteiger partial charge >= 0.3 is 0 Å². The van der Waals surface area contributed by atoms with Crippen LogP contribution in [0.5, 0.6) is 0 Å². The fourth-order valence-corrected chi connectivity index (χ4v) is 8.83. The summed E-state index contributed by atoms with van der Waals surface area (Å²) >= 11 is 0. The molecule has 2 heterocycles. The van der Waals surface area contributed by atoms with E-state index in [9.17, 15) is 45.6 Å². The molecule has 9 N–H and O–H groups in total. The monoisotopic (exact) mass is 906 g/mol. The first kappa shape index (κ1) is 58.1. The molecular formula is C49H95NO13. The molecule has 14 nitrogen and oxygen atoms in total. The number of carbonyl (C=O) groups excluding carboxylic acids is 1. The van der Waals surface area contributed by atoms with E-state index in [1.807, 2.05) is 0 Å². The maximum Gasteiger partial charge on any atom is 0.220 e. The lowest BCUT2D eigenvalue weighted by Gasteiger charge is -2.46. The van der Waals surface area contributed by atoms with Gasteiger partial charge < -0.3 is 65.1 Å². The summed E-state index contributed by atoms with van der Waals surface area (Å²) in [6.45, 7) is 2.86. The molecule has 2 aliphatic rings. The van der Waals surface area contributed by atoms with E-state index in [0.29, 0.717) is 12.8 Å². The Kier molecular flexibility index (Phi) is 34.2. The second kappa shape index (κ2) is 37.0. The predicted octanol–water partition coefficient (Wildman–Crippen LogP) is 6.61. The van der Waals surface area contributed by atoms with Gasteiger partial charge in [0.2, 0.25) is 5.91 Å². The van der Waals surface area contributed by atoms with Crippen LogP contribution in [0.15, 0.2) is 0 Å². The summed E-state index contributed by atoms with van der Waals surface area (Å²) in [4.78, 5) is 13.2. The lowest BCUT2D eigenvalue weighted by molar-refractivity contribution is -0.359. The van der Waals surface area contributed by atoms with Gasteiger partial charge in [0.15, 0.2) is 12.6 Å². The molecule has 0 radical (unpaired) electrons. The quantitative estimate of drug-likeness (QED) is 0.0296. The molecule has 0 aliphatic carbocycles. The number of rotatable bonds is 40. The van der Waals surface area contributed by atoms with Crippen molar-refractivity contribution < 1.29 is 64.6 Å². The minimum absolute atomic E-state index is 0.204. The Labute approximate surface area is 381 Å². The van der Waals surface area contributed by atoms with Crippen LogP contribution in [0, 0.1) is 0 Å². The Hall–Kier alpha value is -1.01. The molecule has 0 saturated carbocycles. The van der Waals surface area contributed by atoms with Crippen LogP contribution in [0.2, 0.25) is 0 Å². The molecule has 0 aromatic heterocycles. The van der Waals surface area contributed by atoms with E-state index >= 15 is 0 Å². The van der Waals surface area contributed by atoms with E-state index in [2.05, 4.69) is 19.2 Å². The van der Waals surface area contributed by atoms with Crippen molar-refractivity contribution in [2.24, 2.45) is 0 Å². The summed E-state index contributed by atoms with van der Waals surface area (Å²) in [5, 5.41) is 86.8. The zero-order valence-electron chi connectivity index (χ0n) is 39.6. The van der Waals surface area contributed by atoms with E-state index in [1.165, 1.54) is 135 Å². The number of aliphatic hydroxyl groups is 8. The number of aliphatic hydroxyl groups excluding tert-OH is 8. The Balaban J connectivity index is 1.82. The first-order valence-corrected chi connectivity index (χ1v) is 25.8. The molecule has 2 rings (SSSR count). The molecule has 12 atom stereocenters. The summed E-state index contributed by atoms with van der Waals surface area (Å²) in [6.07, 6.45) is 19.6. The van der Waals surface area contributed by atoms with Gasteiger partial charge in [-0.15, -0.1) is 0 Å². The average Bonchev–Trinajstić information content (AvgIpc) is 3.28. The number of amides is 1. The van der Waals surface area contributed by atoms with E-state index in [0.717, 1.165) is 51.4 Å². The zero-order chi connectivity index (χ0) is 46.1. The highest BCUT2D eigenvalue weighted by Gasteiger charge is 2.51. The lowest BCUT2D eigenvalue weighted by Crippen LogP contribution is -2.65. The maximum atomic E-state index is 13.2. The highest BCUT2D eigenvalue weighted by Crippen LogP contribution is 2.30. The molecule has 14 heteroatoms. The van der Waals surface area contributed by atoms with Gasteiger partial charge in [-0.3, -0.25) is 4.79 Å². The minimum Gasteiger partial charge on any atom is -0.394 e. The smallest absolute Gasteiger partial charge is 0.220 e. The number of nitrogens with one attached hydrogen (secondary N) is 1. The van der Waals surface area contributed by atoms with Gasteiger partial charge in [-0.25, -0.2) is 0 Å². The van der Waals surface area contributed by atoms with Gasteiger partial charge in [-0.1, -0.05) is 194 Å². The third-order valence-corrected chi connectivity index (χ3v) is 13.1. The van der Waals surface area contributed by atoms with Crippen molar-refractivity contribution >= 4 is 5.91 Å². The molecule has 374 valence electrons. The van der Waals surface area contributed by atoms with Crippen LogP contribution >= 0.6 is 0 Å². The van der Waals surface area contributed by atoms with Crippen molar-refractivity contribution in [1.29, 1.82) is 0 Å². The van der Waals surface area contributed by atoms with Crippen molar-refractivity contribution in [2.45, 2.75) is 286 Å². The predicted molar refractivity (Wildman–Crippen MR) is 245 cm³/mol. The first-order valence-electron chi connectivity index (χ1n) is 25.8. The molecule has 0 spiro atoms. The van der Waals surface area contributed by atoms with Crippen LogP contribution in [-0.4, -0.2) is 140 Å². The molecule has 1 amide bonds. The zero-order valence-corrected chi connectivity index (χ0v) is 39.6. The Morgan fingerprint density at radius 2 is 0.905 bits per heavy atom. The molecule has 0 bridgehead atoms. The Morgan fingerprint density at radius 1 is 0.508 bits per heavy atom. The highest BCUT2D eigenvalue weighted by atomic mass is 16.7. The third-order valence-electron chi connectivity index (χ3n) is 13.1. The molecule has 2 aliphatic heterocycles. The fourth-order valence-electron chi connectivity index (χ4n) is 8.83. The van der Waals surface area contributed by atoms with Crippen LogP contribution < -0.4 is 5.32 Å². The van der Waals surface area contributed by atoms with Crippen LogP contribution in [0.3, 0.4) is 0 Å². The van der Waals surface area contributed by atoms with Crippen molar-refractivity contribution in [1.82, 2.24) is 5.32 Å². The van der Waals surface area contributed by atoms with E-state index in [1.54, 1.807) is 0 Å². The van der Waals surface area contributed by atoms with Crippen LogP contribution in [-0.2, 0) is 23.7 Å². The van der Waals surface area contributed by atoms with Crippen molar-refractivity contribution in [2.75, 3.05) is 19.8 Å². The largest absolute Gasteiger partial charge is 0.394 e.